The summed E-state index contributed by atoms with van der Waals surface area (Å²) in [5.41, 5.74) is -0.564. The van der Waals surface area contributed by atoms with Crippen molar-refractivity contribution in [3.05, 3.63) is 36.4 Å². The van der Waals surface area contributed by atoms with Gasteiger partial charge in [-0.25, -0.2) is 8.42 Å². The Morgan fingerprint density at radius 2 is 1.92 bits per heavy atom. The van der Waals surface area contributed by atoms with Crippen LogP contribution in [0.25, 0.3) is 10.8 Å². The Bertz CT molecular complexity index is 1000. The molecule has 1 amide bonds. The van der Waals surface area contributed by atoms with Crippen molar-refractivity contribution in [1.82, 2.24) is 5.32 Å². The van der Waals surface area contributed by atoms with E-state index in [1.54, 1.807) is 31.2 Å². The molecule has 6 nitrogen and oxygen atoms in total. The van der Waals surface area contributed by atoms with E-state index in [-0.39, 0.29) is 17.4 Å². The number of amides is 1. The van der Waals surface area contributed by atoms with Crippen molar-refractivity contribution in [3.63, 3.8) is 0 Å². The number of carbonyl (C=O) groups excluding carboxylic acids is 1. The predicted octanol–water partition coefficient (Wildman–Crippen LogP) is 2.40. The van der Waals surface area contributed by atoms with Crippen LogP contribution in [0.3, 0.4) is 0 Å². The van der Waals surface area contributed by atoms with Crippen LogP contribution >= 0.6 is 0 Å². The number of nitrogens with zero attached hydrogens (tertiary/aromatic N) is 2. The number of carbonyl (C=O) groups is 1. The van der Waals surface area contributed by atoms with Gasteiger partial charge in [-0.1, -0.05) is 38.1 Å². The first kappa shape index (κ1) is 17.2. The van der Waals surface area contributed by atoms with Gasteiger partial charge in [0.15, 0.2) is 0 Å². The first-order chi connectivity index (χ1) is 11.7. The molecule has 25 heavy (non-hydrogen) atoms. The predicted molar refractivity (Wildman–Crippen MR) is 95.5 cm³/mol. The van der Waals surface area contributed by atoms with Gasteiger partial charge in [-0.05, 0) is 30.4 Å². The van der Waals surface area contributed by atoms with Crippen LogP contribution in [0.1, 0.15) is 20.8 Å². The normalized spacial score (nSPS) is 17.3. The third-order valence-corrected chi connectivity index (χ3v) is 6.56. The lowest BCUT2D eigenvalue weighted by molar-refractivity contribution is -0.121. The second-order valence-corrected chi connectivity index (χ2v) is 8.49. The maximum absolute atomic E-state index is 12.9. The van der Waals surface area contributed by atoms with E-state index in [1.165, 1.54) is 0 Å². The van der Waals surface area contributed by atoms with Gasteiger partial charge < -0.3 is 5.32 Å². The third-order valence-electron chi connectivity index (χ3n) is 4.75. The summed E-state index contributed by atoms with van der Waals surface area (Å²) in [6, 6.07) is 12.5. The molecule has 0 aromatic heterocycles. The van der Waals surface area contributed by atoms with Crippen LogP contribution in [0.4, 0.5) is 5.69 Å². The Balaban J connectivity index is 1.96. The highest BCUT2D eigenvalue weighted by Crippen LogP contribution is 2.41. The number of hydrogen-bond donors (Lipinski definition) is 1. The highest BCUT2D eigenvalue weighted by atomic mass is 32.2. The molecule has 1 atom stereocenters. The Morgan fingerprint density at radius 3 is 2.52 bits per heavy atom. The number of benzene rings is 2. The van der Waals surface area contributed by atoms with Crippen molar-refractivity contribution < 1.29 is 13.2 Å². The van der Waals surface area contributed by atoms with Gasteiger partial charge in [-0.15, -0.1) is 0 Å². The second kappa shape index (κ2) is 5.74. The molecule has 2 aromatic rings. The van der Waals surface area contributed by atoms with Crippen LogP contribution in [0.5, 0.6) is 0 Å². The average Bonchev–Trinajstić information content (AvgIpc) is 2.78. The molecule has 0 radical (unpaired) electrons. The highest BCUT2D eigenvalue weighted by molar-refractivity contribution is 7.93. The Kier molecular flexibility index (Phi) is 3.96. The smallest absolute Gasteiger partial charge is 0.265 e. The summed E-state index contributed by atoms with van der Waals surface area (Å²) in [6.07, 6.45) is 0. The third kappa shape index (κ3) is 2.63. The van der Waals surface area contributed by atoms with Crippen LogP contribution < -0.4 is 9.62 Å². The van der Waals surface area contributed by atoms with Gasteiger partial charge in [0.2, 0.25) is 5.91 Å². The van der Waals surface area contributed by atoms with Crippen molar-refractivity contribution in [2.45, 2.75) is 31.2 Å². The van der Waals surface area contributed by atoms with Crippen molar-refractivity contribution in [1.29, 1.82) is 5.26 Å². The summed E-state index contributed by atoms with van der Waals surface area (Å²) in [4.78, 5) is 12.7. The van der Waals surface area contributed by atoms with Crippen molar-refractivity contribution in [3.8, 4) is 6.07 Å². The molecular weight excluding hydrogens is 338 g/mol. The van der Waals surface area contributed by atoms with Gasteiger partial charge in [0.05, 0.1) is 16.7 Å². The zero-order chi connectivity index (χ0) is 18.4. The number of hydrogen-bond acceptors (Lipinski definition) is 4. The summed E-state index contributed by atoms with van der Waals surface area (Å²) in [5, 5.41) is 13.4. The molecule has 0 unspecified atom stereocenters. The Hall–Kier alpha value is -2.59. The number of rotatable bonds is 4. The lowest BCUT2D eigenvalue weighted by atomic mass is 9.90. The topological polar surface area (TPSA) is 90.3 Å². The lowest BCUT2D eigenvalue weighted by Crippen LogP contribution is -2.52. The minimum atomic E-state index is -3.79. The molecule has 0 spiro atoms. The maximum atomic E-state index is 12.9. The molecule has 0 bridgehead atoms. The van der Waals surface area contributed by atoms with E-state index in [4.69, 9.17) is 0 Å². The van der Waals surface area contributed by atoms with E-state index in [2.05, 4.69) is 11.4 Å². The average molecular weight is 357 g/mol. The fourth-order valence-electron chi connectivity index (χ4n) is 2.89. The summed E-state index contributed by atoms with van der Waals surface area (Å²) in [6.45, 7) is 4.92. The monoisotopic (exact) mass is 357 g/mol. The fraction of sp³-hybridized carbons (Fsp3) is 0.333. The van der Waals surface area contributed by atoms with Gasteiger partial charge in [0, 0.05) is 5.39 Å². The molecule has 0 aliphatic carbocycles. The number of nitriles is 1. The van der Waals surface area contributed by atoms with E-state index < -0.39 is 21.5 Å². The van der Waals surface area contributed by atoms with Crippen LogP contribution in [0, 0.1) is 17.2 Å². The minimum absolute atomic E-state index is 0.114. The van der Waals surface area contributed by atoms with Crippen LogP contribution in [-0.4, -0.2) is 26.4 Å². The van der Waals surface area contributed by atoms with Crippen molar-refractivity contribution in [2.24, 2.45) is 5.92 Å². The summed E-state index contributed by atoms with van der Waals surface area (Å²) >= 11 is 0. The molecule has 1 heterocycles. The van der Waals surface area contributed by atoms with Crippen LogP contribution in [0.15, 0.2) is 41.3 Å². The molecular formula is C18H19N3O3S. The first-order valence-electron chi connectivity index (χ1n) is 7.97. The van der Waals surface area contributed by atoms with Crippen molar-refractivity contribution >= 4 is 32.4 Å². The van der Waals surface area contributed by atoms with Gasteiger partial charge in [0.25, 0.3) is 10.0 Å². The SMILES string of the molecule is CC(C)[C@](C)(C#N)NC(=O)CN1c2cccc3cccc(c23)S1(=O)=O. The van der Waals surface area contributed by atoms with E-state index in [9.17, 15) is 18.5 Å². The molecule has 0 fully saturated rings. The number of anilines is 1. The second-order valence-electron chi connectivity index (χ2n) is 6.66. The molecule has 1 aliphatic heterocycles. The molecule has 1 N–H and O–H groups in total. The molecule has 2 aromatic carbocycles. The molecule has 3 rings (SSSR count). The molecule has 7 heteroatoms. The van der Waals surface area contributed by atoms with E-state index in [0.717, 1.165) is 9.69 Å². The summed E-state index contributed by atoms with van der Waals surface area (Å²) in [7, 11) is -3.79. The maximum Gasteiger partial charge on any atom is 0.265 e. The van der Waals surface area contributed by atoms with E-state index in [1.807, 2.05) is 26.0 Å². The number of nitrogens with one attached hydrogen (secondary N) is 1. The number of sulfonamides is 1. The summed E-state index contributed by atoms with van der Waals surface area (Å²) < 4.78 is 26.8. The summed E-state index contributed by atoms with van der Waals surface area (Å²) in [5.74, 6) is -0.622. The van der Waals surface area contributed by atoms with Crippen molar-refractivity contribution in [2.75, 3.05) is 10.8 Å². The van der Waals surface area contributed by atoms with Gasteiger partial charge >= 0.3 is 0 Å². The van der Waals surface area contributed by atoms with E-state index >= 15 is 0 Å². The van der Waals surface area contributed by atoms with E-state index in [0.29, 0.717) is 11.1 Å². The van der Waals surface area contributed by atoms with Crippen LogP contribution in [-0.2, 0) is 14.8 Å². The quantitative estimate of drug-likeness (QED) is 0.910. The van der Waals surface area contributed by atoms with Gasteiger partial charge in [-0.2, -0.15) is 5.26 Å². The standard InChI is InChI=1S/C18H19N3O3S/c1-12(2)18(3,11-19)20-16(22)10-21-14-8-4-6-13-7-5-9-15(17(13)14)25(21,23)24/h4-9,12H,10H2,1-3H3,(H,20,22)/t18-/m0/s1. The van der Waals surface area contributed by atoms with Gasteiger partial charge in [0.1, 0.15) is 12.1 Å². The molecule has 130 valence electrons. The molecule has 1 aliphatic rings. The lowest BCUT2D eigenvalue weighted by Gasteiger charge is -2.28. The Morgan fingerprint density at radius 1 is 1.28 bits per heavy atom. The first-order valence-corrected chi connectivity index (χ1v) is 9.41. The highest BCUT2D eigenvalue weighted by Gasteiger charge is 2.38. The fourth-order valence-corrected chi connectivity index (χ4v) is 4.56. The zero-order valence-electron chi connectivity index (χ0n) is 14.3. The largest absolute Gasteiger partial charge is 0.336 e. The Labute approximate surface area is 147 Å². The van der Waals surface area contributed by atoms with Crippen LogP contribution in [0.2, 0.25) is 0 Å². The minimum Gasteiger partial charge on any atom is -0.336 e. The molecule has 0 saturated carbocycles. The zero-order valence-corrected chi connectivity index (χ0v) is 15.1. The molecule has 0 saturated heterocycles. The van der Waals surface area contributed by atoms with Gasteiger partial charge in [-0.3, -0.25) is 9.10 Å².